The van der Waals surface area contributed by atoms with Crippen LogP contribution in [0.25, 0.3) is 10.9 Å². The maximum Gasteiger partial charge on any atom is 0.138 e. The predicted molar refractivity (Wildman–Crippen MR) is 129 cm³/mol. The highest BCUT2D eigenvalue weighted by molar-refractivity contribution is 6.32. The lowest BCUT2D eigenvalue weighted by Crippen LogP contribution is -2.02. The van der Waals surface area contributed by atoms with E-state index in [0.717, 1.165) is 39.1 Å². The number of halogens is 1. The van der Waals surface area contributed by atoms with E-state index in [1.807, 2.05) is 36.4 Å². The molecule has 0 bridgehead atoms. The van der Waals surface area contributed by atoms with Gasteiger partial charge < -0.3 is 10.1 Å². The second-order valence-electron chi connectivity index (χ2n) is 7.94. The number of pyridine rings is 2. The first-order chi connectivity index (χ1) is 15.5. The van der Waals surface area contributed by atoms with Crippen molar-refractivity contribution in [3.8, 4) is 11.8 Å². The molecular formula is C26H23ClN4O. The third-order valence-electron chi connectivity index (χ3n) is 5.19. The van der Waals surface area contributed by atoms with Crippen LogP contribution in [0.2, 0.25) is 5.02 Å². The lowest BCUT2D eigenvalue weighted by Gasteiger charge is -2.18. The van der Waals surface area contributed by atoms with E-state index in [9.17, 15) is 5.26 Å². The fourth-order valence-corrected chi connectivity index (χ4v) is 3.88. The van der Waals surface area contributed by atoms with E-state index in [2.05, 4.69) is 48.2 Å². The van der Waals surface area contributed by atoms with Gasteiger partial charge in [-0.2, -0.15) is 5.26 Å². The lowest BCUT2D eigenvalue weighted by molar-refractivity contribution is 0.301. The van der Waals surface area contributed by atoms with Crippen LogP contribution in [0.4, 0.5) is 11.4 Å². The topological polar surface area (TPSA) is 70.8 Å². The van der Waals surface area contributed by atoms with E-state index < -0.39 is 0 Å². The molecule has 0 amide bonds. The Kier molecular flexibility index (Phi) is 6.25. The van der Waals surface area contributed by atoms with Gasteiger partial charge in [0.15, 0.2) is 0 Å². The van der Waals surface area contributed by atoms with Crippen LogP contribution in [0, 0.1) is 18.3 Å². The number of aromatic nitrogens is 2. The molecule has 2 aromatic carbocycles. The van der Waals surface area contributed by atoms with Gasteiger partial charge in [-0.05, 0) is 60.4 Å². The van der Waals surface area contributed by atoms with Crippen LogP contribution in [0.15, 0.2) is 60.9 Å². The predicted octanol–water partition coefficient (Wildman–Crippen LogP) is 6.91. The molecule has 0 aliphatic rings. The molecule has 1 N–H and O–H groups in total. The van der Waals surface area contributed by atoms with Crippen molar-refractivity contribution >= 4 is 33.9 Å². The summed E-state index contributed by atoms with van der Waals surface area (Å²) in [6.07, 6.45) is 3.34. The van der Waals surface area contributed by atoms with Gasteiger partial charge in [-0.3, -0.25) is 9.97 Å². The first-order valence-electron chi connectivity index (χ1n) is 10.4. The average Bonchev–Trinajstić information content (AvgIpc) is 2.78. The van der Waals surface area contributed by atoms with Gasteiger partial charge in [-0.1, -0.05) is 37.6 Å². The van der Waals surface area contributed by atoms with Gasteiger partial charge in [0.2, 0.25) is 0 Å². The molecule has 4 rings (SSSR count). The SMILES string of the molecule is Cc1cc(C(C)C)c2c(Nc3ccc(OCc4ccccn4)c(Cl)c3)c(C#N)cnc2c1. The molecule has 0 aliphatic heterocycles. The summed E-state index contributed by atoms with van der Waals surface area (Å²) < 4.78 is 5.82. The standard InChI is InChI=1S/C26H23ClN4O/c1-16(2)21-10-17(3)11-23-25(21)26(18(13-28)14-30-23)31-19-7-8-24(22(27)12-19)32-15-20-6-4-5-9-29-20/h4-12,14,16H,15H2,1-3H3,(H,30,31). The van der Waals surface area contributed by atoms with Crippen LogP contribution in [0.3, 0.4) is 0 Å². The summed E-state index contributed by atoms with van der Waals surface area (Å²) >= 11 is 6.49. The van der Waals surface area contributed by atoms with Gasteiger partial charge in [0, 0.05) is 23.5 Å². The van der Waals surface area contributed by atoms with Crippen molar-refractivity contribution in [2.24, 2.45) is 0 Å². The number of anilines is 2. The molecule has 0 fully saturated rings. The van der Waals surface area contributed by atoms with Gasteiger partial charge in [0.05, 0.1) is 27.5 Å². The molecule has 0 atom stereocenters. The minimum atomic E-state index is 0.277. The third-order valence-corrected chi connectivity index (χ3v) is 5.49. The van der Waals surface area contributed by atoms with Crippen LogP contribution in [-0.2, 0) is 6.61 Å². The number of nitriles is 1. The Morgan fingerprint density at radius 1 is 1.12 bits per heavy atom. The lowest BCUT2D eigenvalue weighted by atomic mass is 9.94. The minimum absolute atomic E-state index is 0.277. The molecule has 6 heteroatoms. The average molecular weight is 443 g/mol. The molecule has 2 heterocycles. The Morgan fingerprint density at radius 2 is 1.97 bits per heavy atom. The first-order valence-corrected chi connectivity index (χ1v) is 10.8. The van der Waals surface area contributed by atoms with Gasteiger partial charge >= 0.3 is 0 Å². The fourth-order valence-electron chi connectivity index (χ4n) is 3.65. The molecule has 0 spiro atoms. The first kappa shape index (κ1) is 21.6. The minimum Gasteiger partial charge on any atom is -0.486 e. The zero-order valence-electron chi connectivity index (χ0n) is 18.2. The van der Waals surface area contributed by atoms with E-state index >= 15 is 0 Å². The second-order valence-corrected chi connectivity index (χ2v) is 8.35. The van der Waals surface area contributed by atoms with Gasteiger partial charge in [0.1, 0.15) is 18.4 Å². The number of nitrogens with one attached hydrogen (secondary N) is 1. The molecule has 0 unspecified atom stereocenters. The summed E-state index contributed by atoms with van der Waals surface area (Å²) in [6, 6.07) is 17.6. The Bertz CT molecular complexity index is 1310. The highest BCUT2D eigenvalue weighted by atomic mass is 35.5. The molecule has 0 aliphatic carbocycles. The van der Waals surface area contributed by atoms with Crippen LogP contribution in [-0.4, -0.2) is 9.97 Å². The Labute approximate surface area is 192 Å². The number of ether oxygens (including phenoxy) is 1. The maximum atomic E-state index is 9.73. The summed E-state index contributed by atoms with van der Waals surface area (Å²) in [7, 11) is 0. The summed E-state index contributed by atoms with van der Waals surface area (Å²) in [5.74, 6) is 0.848. The summed E-state index contributed by atoms with van der Waals surface area (Å²) in [5.41, 5.74) is 5.95. The highest BCUT2D eigenvalue weighted by Crippen LogP contribution is 2.37. The maximum absolute atomic E-state index is 9.73. The molecule has 32 heavy (non-hydrogen) atoms. The quantitative estimate of drug-likeness (QED) is 0.351. The van der Waals surface area contributed by atoms with Crippen LogP contribution in [0.1, 0.15) is 42.1 Å². The number of fused-ring (bicyclic) bond motifs is 1. The Hall–Kier alpha value is -3.62. The molecule has 160 valence electrons. The molecular weight excluding hydrogens is 420 g/mol. The van der Waals surface area contributed by atoms with Gasteiger partial charge in [-0.15, -0.1) is 0 Å². The van der Waals surface area contributed by atoms with Crippen LogP contribution >= 0.6 is 11.6 Å². The smallest absolute Gasteiger partial charge is 0.138 e. The van der Waals surface area contributed by atoms with E-state index in [4.69, 9.17) is 16.3 Å². The number of hydrogen-bond acceptors (Lipinski definition) is 5. The molecule has 4 aromatic rings. The largest absolute Gasteiger partial charge is 0.486 e. The number of hydrogen-bond donors (Lipinski definition) is 1. The van der Waals surface area contributed by atoms with Crippen molar-refractivity contribution < 1.29 is 4.74 Å². The third kappa shape index (κ3) is 4.51. The Balaban J connectivity index is 1.68. The Morgan fingerprint density at radius 3 is 2.66 bits per heavy atom. The van der Waals surface area contributed by atoms with E-state index in [0.29, 0.717) is 22.9 Å². The summed E-state index contributed by atoms with van der Waals surface area (Å²) in [4.78, 5) is 8.78. The fraction of sp³-hybridized carbons (Fsp3) is 0.192. The van der Waals surface area contributed by atoms with Crippen molar-refractivity contribution in [2.75, 3.05) is 5.32 Å². The second kappa shape index (κ2) is 9.25. The zero-order chi connectivity index (χ0) is 22.7. The summed E-state index contributed by atoms with van der Waals surface area (Å²) in [6.45, 7) is 6.67. The number of benzene rings is 2. The van der Waals surface area contributed by atoms with Gasteiger partial charge in [0.25, 0.3) is 0 Å². The zero-order valence-corrected chi connectivity index (χ0v) is 18.9. The molecule has 0 saturated carbocycles. The van der Waals surface area contributed by atoms with Crippen LogP contribution in [0.5, 0.6) is 5.75 Å². The molecule has 0 saturated heterocycles. The molecule has 0 radical (unpaired) electrons. The van der Waals surface area contributed by atoms with Crippen molar-refractivity contribution in [1.29, 1.82) is 5.26 Å². The van der Waals surface area contributed by atoms with Crippen molar-refractivity contribution in [2.45, 2.75) is 33.3 Å². The van der Waals surface area contributed by atoms with Crippen molar-refractivity contribution in [3.63, 3.8) is 0 Å². The van der Waals surface area contributed by atoms with Crippen molar-refractivity contribution in [3.05, 3.63) is 88.3 Å². The van der Waals surface area contributed by atoms with Crippen LogP contribution < -0.4 is 10.1 Å². The van der Waals surface area contributed by atoms with E-state index in [1.54, 1.807) is 18.5 Å². The van der Waals surface area contributed by atoms with Gasteiger partial charge in [-0.25, -0.2) is 0 Å². The molecule has 2 aromatic heterocycles. The normalized spacial score (nSPS) is 10.9. The molecule has 5 nitrogen and oxygen atoms in total. The van der Waals surface area contributed by atoms with E-state index in [1.165, 1.54) is 0 Å². The van der Waals surface area contributed by atoms with E-state index in [-0.39, 0.29) is 5.92 Å². The monoisotopic (exact) mass is 442 g/mol. The van der Waals surface area contributed by atoms with Crippen molar-refractivity contribution in [1.82, 2.24) is 9.97 Å². The number of aryl methyl sites for hydroxylation is 1. The number of nitrogens with zero attached hydrogens (tertiary/aromatic N) is 3. The number of rotatable bonds is 6. The highest BCUT2D eigenvalue weighted by Gasteiger charge is 2.16. The summed E-state index contributed by atoms with van der Waals surface area (Å²) in [5, 5.41) is 14.6.